The van der Waals surface area contributed by atoms with E-state index in [9.17, 15) is 20.4 Å². The molecule has 0 saturated carbocycles. The second-order valence-corrected chi connectivity index (χ2v) is 8.90. The summed E-state index contributed by atoms with van der Waals surface area (Å²) < 4.78 is 0. The maximum Gasteiger partial charge on any atom is 0.115 e. The summed E-state index contributed by atoms with van der Waals surface area (Å²) >= 11 is 0. The average Bonchev–Trinajstić information content (AvgIpc) is 2.89. The quantitative estimate of drug-likeness (QED) is 0.203. The van der Waals surface area contributed by atoms with Crippen LogP contribution in [0.25, 0.3) is 0 Å². The Bertz CT molecular complexity index is 1240. The molecule has 0 atom stereocenters. The molecule has 0 spiro atoms. The van der Waals surface area contributed by atoms with E-state index in [-0.39, 0.29) is 34.8 Å². The first kappa shape index (κ1) is 23.1. The molecule has 0 saturated heterocycles. The van der Waals surface area contributed by atoms with Gasteiger partial charge in [-0.1, -0.05) is 72.8 Å². The number of hydrogen-bond acceptors (Lipinski definition) is 4. The van der Waals surface area contributed by atoms with Gasteiger partial charge in [-0.2, -0.15) is 0 Å². The highest BCUT2D eigenvalue weighted by Crippen LogP contribution is 2.38. The standard InChI is InChI=1S/C32H26O4/c33-27-12-4-21(5-13-27)31(22-6-14-28(34)15-7-22)25-2-1-3-26(20-25)32(23-8-16-29(35)17-9-23)24-10-18-30(36)19-11-24/h1-20,31-36H. The molecule has 0 aliphatic rings. The SMILES string of the molecule is Oc1ccc(C(c2ccc(O)cc2)c2cccc(C(c3ccc(O)cc3)c3ccc(O)cc3)c2)cc1. The van der Waals surface area contributed by atoms with Gasteiger partial charge < -0.3 is 20.4 Å². The molecule has 0 amide bonds. The zero-order valence-corrected chi connectivity index (χ0v) is 19.5. The number of hydrogen-bond donors (Lipinski definition) is 4. The molecule has 178 valence electrons. The Balaban J connectivity index is 1.65. The Morgan fingerprint density at radius 2 is 0.556 bits per heavy atom. The van der Waals surface area contributed by atoms with E-state index in [4.69, 9.17) is 0 Å². The highest BCUT2D eigenvalue weighted by molar-refractivity contribution is 5.50. The third kappa shape index (κ3) is 4.89. The van der Waals surface area contributed by atoms with E-state index in [1.165, 1.54) is 0 Å². The fourth-order valence-electron chi connectivity index (χ4n) is 4.74. The smallest absolute Gasteiger partial charge is 0.115 e. The van der Waals surface area contributed by atoms with Crippen molar-refractivity contribution in [1.29, 1.82) is 0 Å². The van der Waals surface area contributed by atoms with Gasteiger partial charge in [-0.25, -0.2) is 0 Å². The van der Waals surface area contributed by atoms with Crippen molar-refractivity contribution < 1.29 is 20.4 Å². The average molecular weight is 475 g/mol. The van der Waals surface area contributed by atoms with Gasteiger partial charge in [-0.15, -0.1) is 0 Å². The molecule has 36 heavy (non-hydrogen) atoms. The maximum absolute atomic E-state index is 9.86. The third-order valence-electron chi connectivity index (χ3n) is 6.48. The van der Waals surface area contributed by atoms with Gasteiger partial charge in [-0.05, 0) is 81.9 Å². The van der Waals surface area contributed by atoms with Crippen LogP contribution < -0.4 is 0 Å². The molecule has 0 heterocycles. The predicted octanol–water partition coefficient (Wildman–Crippen LogP) is 6.87. The Labute approximate surface area is 210 Å². The molecule has 5 rings (SSSR count). The van der Waals surface area contributed by atoms with Crippen LogP contribution in [0.2, 0.25) is 0 Å². The first-order chi connectivity index (χ1) is 17.5. The van der Waals surface area contributed by atoms with Crippen LogP contribution in [0.15, 0.2) is 121 Å². The van der Waals surface area contributed by atoms with Crippen molar-refractivity contribution >= 4 is 0 Å². The van der Waals surface area contributed by atoms with E-state index in [2.05, 4.69) is 18.2 Å². The van der Waals surface area contributed by atoms with Crippen LogP contribution in [0.4, 0.5) is 0 Å². The molecule has 0 unspecified atom stereocenters. The minimum absolute atomic E-state index is 0.119. The van der Waals surface area contributed by atoms with Gasteiger partial charge in [0.25, 0.3) is 0 Å². The second-order valence-electron chi connectivity index (χ2n) is 8.90. The van der Waals surface area contributed by atoms with Crippen LogP contribution in [0, 0.1) is 0 Å². The monoisotopic (exact) mass is 474 g/mol. The summed E-state index contributed by atoms with van der Waals surface area (Å²) in [6.07, 6.45) is 0. The normalized spacial score (nSPS) is 11.2. The van der Waals surface area contributed by atoms with Gasteiger partial charge in [0.15, 0.2) is 0 Å². The van der Waals surface area contributed by atoms with Gasteiger partial charge in [0.2, 0.25) is 0 Å². The molecule has 0 aliphatic carbocycles. The topological polar surface area (TPSA) is 80.9 Å². The predicted molar refractivity (Wildman–Crippen MR) is 141 cm³/mol. The lowest BCUT2D eigenvalue weighted by molar-refractivity contribution is 0.474. The van der Waals surface area contributed by atoms with Crippen LogP contribution in [0.3, 0.4) is 0 Å². The number of phenols is 4. The van der Waals surface area contributed by atoms with Crippen LogP contribution in [-0.2, 0) is 0 Å². The first-order valence-corrected chi connectivity index (χ1v) is 11.7. The minimum atomic E-state index is -0.119. The summed E-state index contributed by atoms with van der Waals surface area (Å²) in [4.78, 5) is 0. The van der Waals surface area contributed by atoms with Crippen LogP contribution >= 0.6 is 0 Å². The summed E-state index contributed by atoms with van der Waals surface area (Å²) in [6.45, 7) is 0. The summed E-state index contributed by atoms with van der Waals surface area (Å²) in [5.74, 6) is 0.583. The van der Waals surface area contributed by atoms with E-state index in [0.717, 1.165) is 33.4 Å². The highest BCUT2D eigenvalue weighted by Gasteiger charge is 2.21. The van der Waals surface area contributed by atoms with Crippen molar-refractivity contribution in [2.75, 3.05) is 0 Å². The molecule has 0 aromatic heterocycles. The highest BCUT2D eigenvalue weighted by atomic mass is 16.3. The maximum atomic E-state index is 9.86. The largest absolute Gasteiger partial charge is 0.508 e. The van der Waals surface area contributed by atoms with Crippen molar-refractivity contribution in [1.82, 2.24) is 0 Å². The van der Waals surface area contributed by atoms with E-state index < -0.39 is 0 Å². The summed E-state index contributed by atoms with van der Waals surface area (Å²) in [5.41, 5.74) is 6.18. The lowest BCUT2D eigenvalue weighted by atomic mass is 9.80. The van der Waals surface area contributed by atoms with E-state index in [1.807, 2.05) is 54.6 Å². The minimum Gasteiger partial charge on any atom is -0.508 e. The van der Waals surface area contributed by atoms with E-state index >= 15 is 0 Å². The zero-order chi connectivity index (χ0) is 25.1. The number of rotatable bonds is 6. The molecule has 0 radical (unpaired) electrons. The fraction of sp³-hybridized carbons (Fsp3) is 0.0625. The van der Waals surface area contributed by atoms with Crippen LogP contribution in [0.5, 0.6) is 23.0 Å². The second kappa shape index (κ2) is 9.88. The third-order valence-corrected chi connectivity index (χ3v) is 6.48. The van der Waals surface area contributed by atoms with E-state index in [1.54, 1.807) is 48.5 Å². The lowest BCUT2D eigenvalue weighted by Gasteiger charge is -2.23. The fourth-order valence-corrected chi connectivity index (χ4v) is 4.74. The summed E-state index contributed by atoms with van der Waals surface area (Å²) in [5, 5.41) is 39.4. The lowest BCUT2D eigenvalue weighted by Crippen LogP contribution is -2.07. The van der Waals surface area contributed by atoms with Crippen LogP contribution in [0.1, 0.15) is 45.2 Å². The Hall–Kier alpha value is -4.70. The number of phenolic OH excluding ortho intramolecular Hbond substituents is 4. The molecule has 4 nitrogen and oxygen atoms in total. The molecular weight excluding hydrogens is 448 g/mol. The molecule has 4 N–H and O–H groups in total. The molecule has 5 aromatic rings. The van der Waals surface area contributed by atoms with Crippen molar-refractivity contribution in [3.8, 4) is 23.0 Å². The van der Waals surface area contributed by atoms with Gasteiger partial charge in [0.1, 0.15) is 23.0 Å². The summed E-state index contributed by atoms with van der Waals surface area (Å²) in [6, 6.07) is 37.1. The van der Waals surface area contributed by atoms with E-state index in [0.29, 0.717) is 0 Å². The number of aromatic hydroxyl groups is 4. The van der Waals surface area contributed by atoms with Crippen molar-refractivity contribution in [3.63, 3.8) is 0 Å². The van der Waals surface area contributed by atoms with Gasteiger partial charge in [0.05, 0.1) is 0 Å². The zero-order valence-electron chi connectivity index (χ0n) is 19.5. The van der Waals surface area contributed by atoms with Crippen LogP contribution in [-0.4, -0.2) is 20.4 Å². The Morgan fingerprint density at radius 1 is 0.306 bits per heavy atom. The van der Waals surface area contributed by atoms with Crippen molar-refractivity contribution in [3.05, 3.63) is 155 Å². The Morgan fingerprint density at radius 3 is 0.806 bits per heavy atom. The molecule has 0 bridgehead atoms. The molecule has 4 heteroatoms. The molecular formula is C32H26O4. The molecule has 5 aromatic carbocycles. The Kier molecular flexibility index (Phi) is 6.33. The first-order valence-electron chi connectivity index (χ1n) is 11.7. The van der Waals surface area contributed by atoms with Gasteiger partial charge >= 0.3 is 0 Å². The van der Waals surface area contributed by atoms with Crippen molar-refractivity contribution in [2.45, 2.75) is 11.8 Å². The van der Waals surface area contributed by atoms with Crippen molar-refractivity contribution in [2.24, 2.45) is 0 Å². The van der Waals surface area contributed by atoms with Gasteiger partial charge in [-0.3, -0.25) is 0 Å². The van der Waals surface area contributed by atoms with Gasteiger partial charge in [0, 0.05) is 11.8 Å². The summed E-state index contributed by atoms with van der Waals surface area (Å²) in [7, 11) is 0. The molecule has 0 aliphatic heterocycles. The molecule has 0 fully saturated rings. The number of benzene rings is 5.